The highest BCUT2D eigenvalue weighted by atomic mass is 79.9. The van der Waals surface area contributed by atoms with Crippen molar-refractivity contribution in [3.05, 3.63) is 91.0 Å². The number of rotatable bonds is 4. The highest BCUT2D eigenvalue weighted by Gasteiger charge is 2.14. The first-order valence-electron chi connectivity index (χ1n) is 7.84. The molecule has 0 unspecified atom stereocenters. The Balaban J connectivity index is 0.000000326. The second kappa shape index (κ2) is 10.8. The van der Waals surface area contributed by atoms with Crippen molar-refractivity contribution in [3.63, 3.8) is 0 Å². The van der Waals surface area contributed by atoms with Crippen LogP contribution in [-0.2, 0) is 9.53 Å². The van der Waals surface area contributed by atoms with Gasteiger partial charge in [-0.05, 0) is 23.8 Å². The molecular formula is C21H20BrO2P. The molecule has 0 spiro atoms. The number of carbonyl (C=O) groups is 1. The Kier molecular flexibility index (Phi) is 8.38. The number of hydrogen-bond donors (Lipinski definition) is 0. The lowest BCUT2D eigenvalue weighted by molar-refractivity contribution is -0.137. The number of carbonyl (C=O) groups excluding carboxylic acids is 1. The van der Waals surface area contributed by atoms with E-state index in [9.17, 15) is 4.79 Å². The number of benzene rings is 3. The van der Waals surface area contributed by atoms with E-state index in [0.717, 1.165) is 0 Å². The van der Waals surface area contributed by atoms with Gasteiger partial charge in [0.25, 0.3) is 0 Å². The van der Waals surface area contributed by atoms with Crippen molar-refractivity contribution < 1.29 is 9.53 Å². The molecule has 0 aliphatic rings. The van der Waals surface area contributed by atoms with Crippen LogP contribution in [0.1, 0.15) is 0 Å². The van der Waals surface area contributed by atoms with Crippen LogP contribution in [0, 0.1) is 0 Å². The minimum atomic E-state index is -0.446. The highest BCUT2D eigenvalue weighted by molar-refractivity contribution is 9.09. The number of ether oxygens (including phenoxy) is 1. The summed E-state index contributed by atoms with van der Waals surface area (Å²) in [6, 6.07) is 32.3. The molecule has 128 valence electrons. The number of esters is 1. The molecule has 0 radical (unpaired) electrons. The second-order valence-corrected chi connectivity index (χ2v) is 7.83. The van der Waals surface area contributed by atoms with E-state index in [1.165, 1.54) is 23.0 Å². The predicted octanol–water partition coefficient (Wildman–Crippen LogP) is 4.00. The Hall–Kier alpha value is -1.96. The van der Waals surface area contributed by atoms with Gasteiger partial charge in [0.2, 0.25) is 0 Å². The van der Waals surface area contributed by atoms with Crippen LogP contribution in [-0.4, -0.2) is 18.4 Å². The first kappa shape index (κ1) is 19.4. The molecule has 0 saturated carbocycles. The van der Waals surface area contributed by atoms with Crippen LogP contribution in [0.25, 0.3) is 0 Å². The molecule has 2 nitrogen and oxygen atoms in total. The molecule has 3 rings (SSSR count). The monoisotopic (exact) mass is 414 g/mol. The van der Waals surface area contributed by atoms with Crippen molar-refractivity contribution in [2.75, 3.05) is 12.4 Å². The van der Waals surface area contributed by atoms with E-state index in [-0.39, 0.29) is 11.3 Å². The van der Waals surface area contributed by atoms with Crippen LogP contribution in [0.4, 0.5) is 0 Å². The summed E-state index contributed by atoms with van der Waals surface area (Å²) < 4.78 is 4.21. The summed E-state index contributed by atoms with van der Waals surface area (Å²) in [6.45, 7) is 0. The fourth-order valence-electron chi connectivity index (χ4n) is 2.23. The summed E-state index contributed by atoms with van der Waals surface area (Å²) >= 11 is 2.90. The standard InChI is InChI=1S/C18H15P.C3H5BrO2/c1-4-10-16(11-5-1)19(17-12-6-2-7-13-17)18-14-8-3-9-15-18;1-6-3(5)2-4/h1-15H;2H2,1H3. The number of methoxy groups -OCH3 is 1. The van der Waals surface area contributed by atoms with Crippen molar-refractivity contribution in [1.82, 2.24) is 0 Å². The zero-order valence-electron chi connectivity index (χ0n) is 14.0. The smallest absolute Gasteiger partial charge is 0.316 e. The number of halogens is 1. The predicted molar refractivity (Wildman–Crippen MR) is 111 cm³/mol. The molecule has 0 saturated heterocycles. The van der Waals surface area contributed by atoms with Crippen molar-refractivity contribution in [2.45, 2.75) is 0 Å². The van der Waals surface area contributed by atoms with Crippen LogP contribution in [0.15, 0.2) is 91.0 Å². The Bertz CT molecular complexity index is 649. The van der Waals surface area contributed by atoms with Gasteiger partial charge in [-0.2, -0.15) is 0 Å². The van der Waals surface area contributed by atoms with Crippen LogP contribution in [0.2, 0.25) is 0 Å². The molecule has 0 heterocycles. The minimum absolute atomic E-state index is 0.241. The van der Waals surface area contributed by atoms with E-state index in [4.69, 9.17) is 0 Å². The zero-order chi connectivity index (χ0) is 17.9. The van der Waals surface area contributed by atoms with Gasteiger partial charge in [0.15, 0.2) is 0 Å². The van der Waals surface area contributed by atoms with Gasteiger partial charge in [0, 0.05) is 0 Å². The third kappa shape index (κ3) is 6.12. The summed E-state index contributed by atoms with van der Waals surface area (Å²) in [4.78, 5) is 9.91. The summed E-state index contributed by atoms with van der Waals surface area (Å²) in [6.07, 6.45) is 0. The quantitative estimate of drug-likeness (QED) is 0.366. The van der Waals surface area contributed by atoms with Gasteiger partial charge in [-0.25, -0.2) is 0 Å². The molecule has 0 amide bonds. The van der Waals surface area contributed by atoms with Crippen LogP contribution < -0.4 is 15.9 Å². The van der Waals surface area contributed by atoms with Crippen molar-refractivity contribution in [3.8, 4) is 0 Å². The second-order valence-electron chi connectivity index (χ2n) is 5.05. The maximum Gasteiger partial charge on any atom is 0.316 e. The van der Waals surface area contributed by atoms with E-state index >= 15 is 0 Å². The average Bonchev–Trinajstić information content (AvgIpc) is 2.70. The SMILES string of the molecule is COC(=O)CBr.c1ccc(P(c2ccccc2)c2ccccc2)cc1. The first-order chi connectivity index (χ1) is 12.3. The molecule has 3 aromatic carbocycles. The maximum atomic E-state index is 9.91. The molecule has 0 aliphatic carbocycles. The van der Waals surface area contributed by atoms with E-state index < -0.39 is 7.92 Å². The normalized spacial score (nSPS) is 9.88. The lowest BCUT2D eigenvalue weighted by atomic mass is 10.4. The summed E-state index contributed by atoms with van der Waals surface area (Å²) in [5.41, 5.74) is 0. The molecule has 3 aromatic rings. The summed E-state index contributed by atoms with van der Waals surface area (Å²) in [7, 11) is 0.905. The molecule has 0 fully saturated rings. The molecule has 0 bridgehead atoms. The maximum absolute atomic E-state index is 9.91. The van der Waals surface area contributed by atoms with Gasteiger partial charge in [-0.3, -0.25) is 4.79 Å². The number of alkyl halides is 1. The fraction of sp³-hybridized carbons (Fsp3) is 0.0952. The van der Waals surface area contributed by atoms with E-state index in [1.54, 1.807) is 0 Å². The Labute approximate surface area is 158 Å². The third-order valence-electron chi connectivity index (χ3n) is 3.38. The van der Waals surface area contributed by atoms with E-state index in [2.05, 4.69) is 112 Å². The third-order valence-corrected chi connectivity index (χ3v) is 6.28. The van der Waals surface area contributed by atoms with Gasteiger partial charge >= 0.3 is 5.97 Å². The Morgan fingerprint density at radius 3 is 1.28 bits per heavy atom. The fourth-order valence-corrected chi connectivity index (χ4v) is 4.77. The van der Waals surface area contributed by atoms with Crippen LogP contribution in [0.5, 0.6) is 0 Å². The van der Waals surface area contributed by atoms with Crippen molar-refractivity contribution in [1.29, 1.82) is 0 Å². The largest absolute Gasteiger partial charge is 0.468 e. The lowest BCUT2D eigenvalue weighted by Crippen LogP contribution is -2.20. The van der Waals surface area contributed by atoms with Gasteiger partial charge in [0.05, 0.1) is 7.11 Å². The van der Waals surface area contributed by atoms with Crippen molar-refractivity contribution >= 4 is 45.7 Å². The molecule has 0 aliphatic heterocycles. The Morgan fingerprint density at radius 2 is 1.08 bits per heavy atom. The molecule has 0 aromatic heterocycles. The lowest BCUT2D eigenvalue weighted by Gasteiger charge is -2.18. The van der Waals surface area contributed by atoms with Gasteiger partial charge in [0.1, 0.15) is 5.33 Å². The van der Waals surface area contributed by atoms with E-state index in [1.807, 2.05) is 0 Å². The van der Waals surface area contributed by atoms with Gasteiger partial charge in [-0.15, -0.1) is 0 Å². The molecule has 25 heavy (non-hydrogen) atoms. The molecule has 0 N–H and O–H groups in total. The summed E-state index contributed by atoms with van der Waals surface area (Å²) in [5.74, 6) is -0.241. The van der Waals surface area contributed by atoms with Gasteiger partial charge in [-0.1, -0.05) is 107 Å². The highest BCUT2D eigenvalue weighted by Crippen LogP contribution is 2.32. The first-order valence-corrected chi connectivity index (χ1v) is 10.3. The van der Waals surface area contributed by atoms with Gasteiger partial charge < -0.3 is 4.74 Å². The number of hydrogen-bond acceptors (Lipinski definition) is 2. The Morgan fingerprint density at radius 1 is 0.760 bits per heavy atom. The topological polar surface area (TPSA) is 26.3 Å². The van der Waals surface area contributed by atoms with Crippen LogP contribution >= 0.6 is 23.9 Å². The average molecular weight is 415 g/mol. The molecular weight excluding hydrogens is 395 g/mol. The van der Waals surface area contributed by atoms with Crippen molar-refractivity contribution in [2.24, 2.45) is 0 Å². The summed E-state index contributed by atoms with van der Waals surface area (Å²) in [5, 5.41) is 4.48. The zero-order valence-corrected chi connectivity index (χ0v) is 16.5. The molecule has 4 heteroatoms. The minimum Gasteiger partial charge on any atom is -0.468 e. The van der Waals surface area contributed by atoms with E-state index in [0.29, 0.717) is 0 Å². The van der Waals surface area contributed by atoms with Crippen LogP contribution in [0.3, 0.4) is 0 Å². The molecule has 0 atom stereocenters.